The maximum atomic E-state index is 13.4. The van der Waals surface area contributed by atoms with Crippen LogP contribution in [0, 0.1) is 0 Å². The lowest BCUT2D eigenvalue weighted by atomic mass is 10.0. The summed E-state index contributed by atoms with van der Waals surface area (Å²) in [6.45, 7) is 2.08. The second-order valence-corrected chi connectivity index (χ2v) is 10.3. The number of benzene rings is 1. The summed E-state index contributed by atoms with van der Waals surface area (Å²) >= 11 is 0. The molecule has 9 heteroatoms. The van der Waals surface area contributed by atoms with E-state index in [1.165, 1.54) is 5.01 Å². The monoisotopic (exact) mass is 418 g/mol. The Hall–Kier alpha value is -2.26. The van der Waals surface area contributed by atoms with E-state index in [1.54, 1.807) is 0 Å². The molecule has 2 fully saturated rings. The molecule has 0 bridgehead atoms. The fourth-order valence-corrected chi connectivity index (χ4v) is 5.96. The quantitative estimate of drug-likeness (QED) is 0.720. The summed E-state index contributed by atoms with van der Waals surface area (Å²) in [7, 11) is -1.10. The zero-order chi connectivity index (χ0) is 20.6. The lowest BCUT2D eigenvalue weighted by Crippen LogP contribution is -2.52. The van der Waals surface area contributed by atoms with Crippen molar-refractivity contribution in [3.05, 3.63) is 35.9 Å². The van der Waals surface area contributed by atoms with Crippen molar-refractivity contribution in [3.8, 4) is 0 Å². The van der Waals surface area contributed by atoms with Crippen LogP contribution in [0.2, 0.25) is 0 Å². The van der Waals surface area contributed by atoms with Crippen molar-refractivity contribution in [1.82, 2.24) is 14.8 Å². The number of hydrazone groups is 1. The molecule has 3 aliphatic heterocycles. The minimum atomic E-state index is -3.14. The Labute approximate surface area is 171 Å². The van der Waals surface area contributed by atoms with Crippen LogP contribution < -0.4 is 0 Å². The van der Waals surface area contributed by atoms with E-state index in [0.717, 1.165) is 18.7 Å². The Bertz CT molecular complexity index is 931. The Kier molecular flexibility index (Phi) is 5.44. The first-order valence-electron chi connectivity index (χ1n) is 9.98. The number of piperazine rings is 1. The normalized spacial score (nSPS) is 27.8. The number of amides is 2. The predicted molar refractivity (Wildman–Crippen MR) is 109 cm³/mol. The Morgan fingerprint density at radius 1 is 1.14 bits per heavy atom. The number of carbonyl (C=O) groups excluding carboxylic acids is 2. The SMILES string of the molecule is CN1CCN(C(=O)C2=NN(C3CCS(=O)(=O)C3)C(=O)CC2)C(c2ccccc2)C1. The molecule has 0 spiro atoms. The minimum Gasteiger partial charge on any atom is -0.328 e. The van der Waals surface area contributed by atoms with Gasteiger partial charge in [0.1, 0.15) is 5.71 Å². The first-order chi connectivity index (χ1) is 13.8. The molecule has 2 atom stereocenters. The summed E-state index contributed by atoms with van der Waals surface area (Å²) in [5.41, 5.74) is 1.41. The largest absolute Gasteiger partial charge is 0.328 e. The van der Waals surface area contributed by atoms with Crippen LogP contribution >= 0.6 is 0 Å². The Morgan fingerprint density at radius 3 is 2.59 bits per heavy atom. The Balaban J connectivity index is 1.58. The second kappa shape index (κ2) is 7.87. The van der Waals surface area contributed by atoms with Crippen LogP contribution in [-0.4, -0.2) is 85.0 Å². The molecule has 0 radical (unpaired) electrons. The van der Waals surface area contributed by atoms with Crippen LogP contribution in [0.1, 0.15) is 30.9 Å². The number of sulfone groups is 1. The van der Waals surface area contributed by atoms with Crippen molar-refractivity contribution in [3.63, 3.8) is 0 Å². The fourth-order valence-electron chi connectivity index (χ4n) is 4.27. The van der Waals surface area contributed by atoms with Crippen molar-refractivity contribution in [2.75, 3.05) is 38.2 Å². The van der Waals surface area contributed by atoms with Gasteiger partial charge in [-0.05, 0) is 19.0 Å². The molecule has 4 rings (SSSR count). The first kappa shape index (κ1) is 20.0. The second-order valence-electron chi connectivity index (χ2n) is 8.03. The van der Waals surface area contributed by atoms with Crippen molar-refractivity contribution in [2.24, 2.45) is 5.10 Å². The van der Waals surface area contributed by atoms with Gasteiger partial charge in [-0.2, -0.15) is 5.10 Å². The molecule has 3 heterocycles. The number of carbonyl (C=O) groups is 2. The number of hydrogen-bond acceptors (Lipinski definition) is 6. The third-order valence-electron chi connectivity index (χ3n) is 5.89. The summed E-state index contributed by atoms with van der Waals surface area (Å²) in [5, 5.41) is 5.62. The van der Waals surface area contributed by atoms with Gasteiger partial charge in [-0.1, -0.05) is 30.3 Å². The maximum Gasteiger partial charge on any atom is 0.270 e. The highest BCUT2D eigenvalue weighted by atomic mass is 32.2. The van der Waals surface area contributed by atoms with Crippen LogP contribution in [0.25, 0.3) is 0 Å². The van der Waals surface area contributed by atoms with Gasteiger partial charge in [-0.3, -0.25) is 9.59 Å². The third-order valence-corrected chi connectivity index (χ3v) is 7.64. The van der Waals surface area contributed by atoms with E-state index in [4.69, 9.17) is 0 Å². The topological polar surface area (TPSA) is 90.4 Å². The molecule has 2 unspecified atom stereocenters. The smallest absolute Gasteiger partial charge is 0.270 e. The third kappa shape index (κ3) is 4.20. The van der Waals surface area contributed by atoms with E-state index < -0.39 is 15.9 Å². The molecular formula is C20H26N4O4S. The lowest BCUT2D eigenvalue weighted by Gasteiger charge is -2.41. The molecule has 2 saturated heterocycles. The molecule has 2 amide bonds. The van der Waals surface area contributed by atoms with Gasteiger partial charge in [0.05, 0.1) is 23.6 Å². The minimum absolute atomic E-state index is 0.0643. The van der Waals surface area contributed by atoms with Crippen LogP contribution in [0.15, 0.2) is 35.4 Å². The Morgan fingerprint density at radius 2 is 1.90 bits per heavy atom. The molecule has 0 aliphatic carbocycles. The van der Waals surface area contributed by atoms with Crippen LogP contribution in [0.4, 0.5) is 0 Å². The van der Waals surface area contributed by atoms with Gasteiger partial charge < -0.3 is 9.80 Å². The highest BCUT2D eigenvalue weighted by molar-refractivity contribution is 7.91. The average molecular weight is 419 g/mol. The van der Waals surface area contributed by atoms with Crippen molar-refractivity contribution < 1.29 is 18.0 Å². The average Bonchev–Trinajstić information content (AvgIpc) is 3.08. The van der Waals surface area contributed by atoms with Crippen molar-refractivity contribution in [1.29, 1.82) is 0 Å². The van der Waals surface area contributed by atoms with Gasteiger partial charge in [0, 0.05) is 32.5 Å². The number of hydrogen-bond donors (Lipinski definition) is 0. The molecule has 0 N–H and O–H groups in total. The van der Waals surface area contributed by atoms with Crippen LogP contribution in [-0.2, 0) is 19.4 Å². The number of rotatable bonds is 3. The van der Waals surface area contributed by atoms with Crippen molar-refractivity contribution in [2.45, 2.75) is 31.3 Å². The molecular weight excluding hydrogens is 392 g/mol. The maximum absolute atomic E-state index is 13.4. The van der Waals surface area contributed by atoms with E-state index in [2.05, 4.69) is 10.0 Å². The summed E-state index contributed by atoms with van der Waals surface area (Å²) in [6, 6.07) is 9.37. The molecule has 29 heavy (non-hydrogen) atoms. The van der Waals surface area contributed by atoms with Crippen molar-refractivity contribution >= 4 is 27.4 Å². The lowest BCUT2D eigenvalue weighted by molar-refractivity contribution is -0.134. The van der Waals surface area contributed by atoms with E-state index in [0.29, 0.717) is 25.1 Å². The van der Waals surface area contributed by atoms with Gasteiger partial charge >= 0.3 is 0 Å². The number of likely N-dealkylation sites (N-methyl/N-ethyl adjacent to an activating group) is 1. The molecule has 0 aromatic heterocycles. The van der Waals surface area contributed by atoms with Gasteiger partial charge in [-0.25, -0.2) is 13.4 Å². The van der Waals surface area contributed by atoms with E-state index in [1.807, 2.05) is 42.3 Å². The van der Waals surface area contributed by atoms with E-state index >= 15 is 0 Å². The first-order valence-corrected chi connectivity index (χ1v) is 11.8. The van der Waals surface area contributed by atoms with Gasteiger partial charge in [0.2, 0.25) is 5.91 Å². The standard InChI is InChI=1S/C20H26N4O4S/c1-22-10-11-23(18(13-22)15-5-3-2-4-6-15)20(26)17-7-8-19(25)24(21-17)16-9-12-29(27,28)14-16/h2-6,16,18H,7-14H2,1H3. The fraction of sp³-hybridized carbons (Fsp3) is 0.550. The molecule has 0 saturated carbocycles. The zero-order valence-corrected chi connectivity index (χ0v) is 17.3. The van der Waals surface area contributed by atoms with Crippen LogP contribution in [0.3, 0.4) is 0 Å². The van der Waals surface area contributed by atoms with Gasteiger partial charge in [-0.15, -0.1) is 0 Å². The molecule has 1 aromatic carbocycles. The summed E-state index contributed by atoms with van der Waals surface area (Å²) in [4.78, 5) is 29.8. The van der Waals surface area contributed by atoms with Crippen LogP contribution in [0.5, 0.6) is 0 Å². The molecule has 156 valence electrons. The zero-order valence-electron chi connectivity index (χ0n) is 16.5. The summed E-state index contributed by atoms with van der Waals surface area (Å²) < 4.78 is 23.6. The molecule has 8 nitrogen and oxygen atoms in total. The van der Waals surface area contributed by atoms with E-state index in [9.17, 15) is 18.0 Å². The molecule has 1 aromatic rings. The van der Waals surface area contributed by atoms with Gasteiger partial charge in [0.15, 0.2) is 9.84 Å². The summed E-state index contributed by atoms with van der Waals surface area (Å²) in [6.07, 6.45) is 0.854. The van der Waals surface area contributed by atoms with Gasteiger partial charge in [0.25, 0.3) is 5.91 Å². The highest BCUT2D eigenvalue weighted by Gasteiger charge is 2.39. The van der Waals surface area contributed by atoms with E-state index in [-0.39, 0.29) is 35.8 Å². The number of nitrogens with zero attached hydrogens (tertiary/aromatic N) is 4. The summed E-state index contributed by atoms with van der Waals surface area (Å²) in [5.74, 6) is -0.383. The molecule has 3 aliphatic rings. The highest BCUT2D eigenvalue weighted by Crippen LogP contribution is 2.27. The predicted octanol–water partition coefficient (Wildman–Crippen LogP) is 0.667.